The van der Waals surface area contributed by atoms with Gasteiger partial charge in [-0.1, -0.05) is 26.0 Å². The summed E-state index contributed by atoms with van der Waals surface area (Å²) in [5.74, 6) is 2.07. The van der Waals surface area contributed by atoms with Crippen molar-refractivity contribution in [2.24, 2.45) is 5.92 Å². The fraction of sp³-hybridized carbons (Fsp3) is 0.273. The molecule has 0 fully saturated rings. The van der Waals surface area contributed by atoms with Gasteiger partial charge in [0.1, 0.15) is 28.9 Å². The Labute approximate surface area is 169 Å². The molecule has 2 aromatic carbocycles. The van der Waals surface area contributed by atoms with E-state index in [4.69, 9.17) is 14.9 Å². The van der Waals surface area contributed by atoms with Crippen molar-refractivity contribution in [3.8, 4) is 11.5 Å². The Morgan fingerprint density at radius 2 is 1.76 bits per heavy atom. The van der Waals surface area contributed by atoms with Crippen molar-refractivity contribution in [1.29, 1.82) is 5.41 Å². The fourth-order valence-electron chi connectivity index (χ4n) is 3.79. The zero-order valence-corrected chi connectivity index (χ0v) is 16.9. The highest BCUT2D eigenvalue weighted by Crippen LogP contribution is 2.40. The standard InChI is InChI=1S/C22H24N4O3/c1-12(2)19-20(27)18(22-24-16-7-5-6-8-17(16)25-22)21(23)26(19)13-9-14(28-3)11-15(10-13)29-4/h5-12,19,23,27H,1-4H3,(H,24,25)/t19-/m0/s1. The molecule has 1 aliphatic rings. The minimum absolute atomic E-state index is 0.0504. The number of para-hydroxylation sites is 2. The van der Waals surface area contributed by atoms with Crippen LogP contribution >= 0.6 is 0 Å². The van der Waals surface area contributed by atoms with Crippen LogP contribution in [0.25, 0.3) is 16.6 Å². The molecule has 150 valence electrons. The number of benzene rings is 2. The SMILES string of the molecule is COc1cc(OC)cc(N2C(=N)C(c3nc4ccccc4[nH]3)=C(O)[C@@H]2C(C)C)c1. The van der Waals surface area contributed by atoms with Gasteiger partial charge in [0.05, 0.1) is 42.6 Å². The third-order valence-electron chi connectivity index (χ3n) is 5.16. The number of nitrogens with one attached hydrogen (secondary N) is 2. The van der Waals surface area contributed by atoms with E-state index in [2.05, 4.69) is 9.97 Å². The van der Waals surface area contributed by atoms with Crippen LogP contribution in [0.4, 0.5) is 5.69 Å². The number of H-pyrrole nitrogens is 1. The molecule has 0 bridgehead atoms. The molecule has 0 amide bonds. The van der Waals surface area contributed by atoms with Gasteiger partial charge in [-0.2, -0.15) is 0 Å². The molecule has 7 heteroatoms. The molecule has 0 spiro atoms. The number of anilines is 1. The van der Waals surface area contributed by atoms with Crippen molar-refractivity contribution >= 4 is 28.1 Å². The Morgan fingerprint density at radius 3 is 2.34 bits per heavy atom. The van der Waals surface area contributed by atoms with E-state index < -0.39 is 6.04 Å². The Morgan fingerprint density at radius 1 is 1.10 bits per heavy atom. The Hall–Kier alpha value is -3.48. The van der Waals surface area contributed by atoms with Gasteiger partial charge in [0.2, 0.25) is 0 Å². The topological polar surface area (TPSA) is 94.5 Å². The summed E-state index contributed by atoms with van der Waals surface area (Å²) >= 11 is 0. The molecule has 2 heterocycles. The first-order chi connectivity index (χ1) is 13.9. The van der Waals surface area contributed by atoms with Crippen LogP contribution in [0, 0.1) is 11.3 Å². The van der Waals surface area contributed by atoms with E-state index in [9.17, 15) is 5.11 Å². The van der Waals surface area contributed by atoms with E-state index in [1.807, 2.05) is 50.2 Å². The number of aromatic amines is 1. The molecule has 29 heavy (non-hydrogen) atoms. The number of methoxy groups -OCH3 is 2. The molecular formula is C22H24N4O3. The van der Waals surface area contributed by atoms with Gasteiger partial charge in [0.25, 0.3) is 0 Å². The molecule has 3 aromatic rings. The molecule has 0 unspecified atom stereocenters. The first-order valence-corrected chi connectivity index (χ1v) is 9.44. The third kappa shape index (κ3) is 3.08. The predicted octanol–water partition coefficient (Wildman–Crippen LogP) is 4.37. The normalized spacial score (nSPS) is 16.9. The maximum absolute atomic E-state index is 11.1. The van der Waals surface area contributed by atoms with Crippen molar-refractivity contribution in [2.75, 3.05) is 19.1 Å². The first kappa shape index (κ1) is 18.9. The Kier molecular flexibility index (Phi) is 4.66. The van der Waals surface area contributed by atoms with Crippen LogP contribution in [0.5, 0.6) is 11.5 Å². The van der Waals surface area contributed by atoms with Crippen molar-refractivity contribution in [2.45, 2.75) is 19.9 Å². The average molecular weight is 392 g/mol. The van der Waals surface area contributed by atoms with Crippen LogP contribution in [0.2, 0.25) is 0 Å². The number of aliphatic hydroxyl groups excluding tert-OH is 1. The summed E-state index contributed by atoms with van der Waals surface area (Å²) in [5.41, 5.74) is 2.76. The summed E-state index contributed by atoms with van der Waals surface area (Å²) in [6.45, 7) is 4.03. The maximum atomic E-state index is 11.1. The van der Waals surface area contributed by atoms with Gasteiger partial charge in [-0.05, 0) is 18.1 Å². The van der Waals surface area contributed by atoms with Crippen LogP contribution in [0.3, 0.4) is 0 Å². The molecule has 0 aliphatic carbocycles. The lowest BCUT2D eigenvalue weighted by Crippen LogP contribution is -2.39. The minimum atomic E-state index is -0.400. The number of hydrogen-bond acceptors (Lipinski definition) is 5. The van der Waals surface area contributed by atoms with Crippen LogP contribution in [-0.2, 0) is 0 Å². The number of rotatable bonds is 5. The fourth-order valence-corrected chi connectivity index (χ4v) is 3.79. The lowest BCUT2D eigenvalue weighted by molar-refractivity contribution is 0.343. The zero-order chi connectivity index (χ0) is 20.7. The minimum Gasteiger partial charge on any atom is -0.509 e. The van der Waals surface area contributed by atoms with Crippen molar-refractivity contribution in [1.82, 2.24) is 9.97 Å². The molecule has 1 atom stereocenters. The number of nitrogens with zero attached hydrogens (tertiary/aromatic N) is 2. The molecule has 0 saturated heterocycles. The molecule has 0 radical (unpaired) electrons. The molecule has 4 rings (SSSR count). The van der Waals surface area contributed by atoms with E-state index >= 15 is 0 Å². The lowest BCUT2D eigenvalue weighted by atomic mass is 10.0. The van der Waals surface area contributed by atoms with Gasteiger partial charge in [0, 0.05) is 18.2 Å². The highest BCUT2D eigenvalue weighted by atomic mass is 16.5. The Balaban J connectivity index is 1.84. The summed E-state index contributed by atoms with van der Waals surface area (Å²) in [6, 6.07) is 12.7. The summed E-state index contributed by atoms with van der Waals surface area (Å²) in [4.78, 5) is 9.62. The molecule has 3 N–H and O–H groups in total. The highest BCUT2D eigenvalue weighted by Gasteiger charge is 2.41. The second kappa shape index (κ2) is 7.16. The van der Waals surface area contributed by atoms with E-state index in [1.165, 1.54) is 0 Å². The van der Waals surface area contributed by atoms with E-state index in [1.54, 1.807) is 25.2 Å². The van der Waals surface area contributed by atoms with Crippen molar-refractivity contribution < 1.29 is 14.6 Å². The van der Waals surface area contributed by atoms with Gasteiger partial charge in [0.15, 0.2) is 0 Å². The first-order valence-electron chi connectivity index (χ1n) is 9.44. The average Bonchev–Trinajstić information content (AvgIpc) is 3.25. The van der Waals surface area contributed by atoms with Gasteiger partial charge >= 0.3 is 0 Å². The number of fused-ring (bicyclic) bond motifs is 1. The van der Waals surface area contributed by atoms with Crippen molar-refractivity contribution in [3.05, 3.63) is 54.0 Å². The Bertz CT molecular complexity index is 1060. The van der Waals surface area contributed by atoms with Crippen LogP contribution in [0.15, 0.2) is 48.2 Å². The summed E-state index contributed by atoms with van der Waals surface area (Å²) < 4.78 is 10.8. The van der Waals surface area contributed by atoms with Gasteiger partial charge < -0.3 is 24.5 Å². The molecular weight excluding hydrogens is 368 g/mol. The van der Waals surface area contributed by atoms with Crippen LogP contribution in [0.1, 0.15) is 19.7 Å². The number of hydrogen-bond donors (Lipinski definition) is 3. The van der Waals surface area contributed by atoms with Crippen LogP contribution in [-0.4, -0.2) is 41.2 Å². The predicted molar refractivity (Wildman–Crippen MR) is 114 cm³/mol. The quantitative estimate of drug-likeness (QED) is 0.599. The number of aliphatic hydroxyl groups is 1. The molecule has 1 aliphatic heterocycles. The summed E-state index contributed by atoms with van der Waals surface area (Å²) in [6.07, 6.45) is 0. The molecule has 0 saturated carbocycles. The monoisotopic (exact) mass is 392 g/mol. The maximum Gasteiger partial charge on any atom is 0.145 e. The third-order valence-corrected chi connectivity index (χ3v) is 5.16. The number of amidine groups is 1. The number of aromatic nitrogens is 2. The second-order valence-electron chi connectivity index (χ2n) is 7.34. The lowest BCUT2D eigenvalue weighted by Gasteiger charge is -2.30. The smallest absolute Gasteiger partial charge is 0.145 e. The van der Waals surface area contributed by atoms with Gasteiger partial charge in [-0.3, -0.25) is 5.41 Å². The number of imidazole rings is 1. The molecule has 1 aromatic heterocycles. The van der Waals surface area contributed by atoms with E-state index in [0.717, 1.165) is 11.0 Å². The summed E-state index contributed by atoms with van der Waals surface area (Å²) in [7, 11) is 3.17. The highest BCUT2D eigenvalue weighted by molar-refractivity contribution is 6.31. The molecule has 7 nitrogen and oxygen atoms in total. The van der Waals surface area contributed by atoms with Gasteiger partial charge in [-0.25, -0.2) is 4.98 Å². The summed E-state index contributed by atoms with van der Waals surface area (Å²) in [5, 5.41) is 20.0. The van der Waals surface area contributed by atoms with Crippen LogP contribution < -0.4 is 14.4 Å². The zero-order valence-electron chi connectivity index (χ0n) is 16.9. The van der Waals surface area contributed by atoms with E-state index in [-0.39, 0.29) is 17.5 Å². The van der Waals surface area contributed by atoms with E-state index in [0.29, 0.717) is 28.6 Å². The second-order valence-corrected chi connectivity index (χ2v) is 7.34. The van der Waals surface area contributed by atoms with Crippen molar-refractivity contribution in [3.63, 3.8) is 0 Å². The number of ether oxygens (including phenoxy) is 2. The largest absolute Gasteiger partial charge is 0.509 e. The van der Waals surface area contributed by atoms with Gasteiger partial charge in [-0.15, -0.1) is 0 Å².